The Balaban J connectivity index is 0. The number of carboxylic acids is 2. The van der Waals surface area contributed by atoms with Crippen molar-refractivity contribution in [2.45, 2.75) is 113 Å². The summed E-state index contributed by atoms with van der Waals surface area (Å²) in [7, 11) is 0. The molecule has 2 N–H and O–H groups in total. The van der Waals surface area contributed by atoms with Crippen LogP contribution in [-0.4, -0.2) is 83.4 Å². The van der Waals surface area contributed by atoms with Crippen LogP contribution in [0.25, 0.3) is 0 Å². The Morgan fingerprint density at radius 3 is 1.12 bits per heavy atom. The molecule has 4 nitrogen and oxygen atoms in total. The molecule has 0 aromatic carbocycles. The first kappa shape index (κ1) is 40.0. The minimum atomic E-state index is -7.70. The first-order chi connectivity index (χ1) is 17.9. The molecule has 0 saturated heterocycles. The molecule has 5 atom stereocenters. The molecule has 0 aliphatic heterocycles. The third-order valence-electron chi connectivity index (χ3n) is 4.98. The van der Waals surface area contributed by atoms with Crippen molar-refractivity contribution in [3.05, 3.63) is 0 Å². The Bertz CT molecular complexity index is 741. The van der Waals surface area contributed by atoms with Crippen LogP contribution in [0, 0.1) is 0 Å². The van der Waals surface area contributed by atoms with Crippen LogP contribution in [0.4, 0.5) is 70.2 Å². The van der Waals surface area contributed by atoms with Gasteiger partial charge in [0, 0.05) is 12.8 Å². The summed E-state index contributed by atoms with van der Waals surface area (Å²) in [6.07, 6.45) is -29.9. The normalized spacial score (nSPS) is 16.9. The van der Waals surface area contributed by atoms with E-state index < -0.39 is 73.2 Å². The first-order valence-corrected chi connectivity index (χ1v) is 11.0. The lowest BCUT2D eigenvalue weighted by Gasteiger charge is -2.36. The Labute approximate surface area is 215 Å². The molecule has 0 amide bonds. The van der Waals surface area contributed by atoms with Crippen molar-refractivity contribution in [2.24, 2.45) is 0 Å². The summed E-state index contributed by atoms with van der Waals surface area (Å²) in [5.74, 6) is -24.1. The second-order valence-corrected chi connectivity index (χ2v) is 8.19. The smallest absolute Gasteiger partial charge is 0.460 e. The van der Waals surface area contributed by atoms with E-state index in [1.807, 2.05) is 0 Å². The van der Waals surface area contributed by atoms with E-state index in [0.717, 1.165) is 38.5 Å². The summed E-state index contributed by atoms with van der Waals surface area (Å²) < 4.78 is 199. The van der Waals surface area contributed by atoms with E-state index >= 15 is 0 Å². The molecule has 0 heterocycles. The van der Waals surface area contributed by atoms with Crippen LogP contribution in [0.1, 0.15) is 51.4 Å². The Kier molecular flexibility index (Phi) is 16.3. The third kappa shape index (κ3) is 11.4. The van der Waals surface area contributed by atoms with Crippen LogP contribution in [0.2, 0.25) is 0 Å². The van der Waals surface area contributed by atoms with Crippen molar-refractivity contribution in [2.75, 3.05) is 0 Å². The zero-order valence-electron chi connectivity index (χ0n) is 19.9. The second-order valence-electron chi connectivity index (χ2n) is 8.19. The molecule has 0 fully saturated rings. The van der Waals surface area contributed by atoms with E-state index in [-0.39, 0.29) is 12.8 Å². The van der Waals surface area contributed by atoms with Crippen molar-refractivity contribution >= 4 is 11.9 Å². The number of alkyl halides is 16. The molecule has 0 aliphatic carbocycles. The summed E-state index contributed by atoms with van der Waals surface area (Å²) in [6.45, 7) is 0. The van der Waals surface area contributed by atoms with E-state index in [2.05, 4.69) is 0 Å². The molecular formula is C20H24F16O4. The van der Waals surface area contributed by atoms with Crippen LogP contribution < -0.4 is 0 Å². The van der Waals surface area contributed by atoms with Crippen LogP contribution in [-0.2, 0) is 9.59 Å². The number of rotatable bonds is 17. The number of carbonyl (C=O) groups is 2. The van der Waals surface area contributed by atoms with Gasteiger partial charge in [-0.3, -0.25) is 9.59 Å². The van der Waals surface area contributed by atoms with Gasteiger partial charge in [0.15, 0.2) is 24.7 Å². The van der Waals surface area contributed by atoms with E-state index in [1.54, 1.807) is 0 Å². The molecular weight excluding hydrogens is 608 g/mol. The fraction of sp³-hybridized carbons (Fsp3) is 0.900. The Morgan fingerprint density at radius 1 is 0.500 bits per heavy atom. The van der Waals surface area contributed by atoms with Gasteiger partial charge in [0.25, 0.3) is 6.43 Å². The SMILES string of the molecule is FC(F)C(F)C(F)C(F)C(F)C(F)C(F)(F)C(F)(F)C(F)(F)C(F)(F)F.O=C(O)CCCCCCCCC(=O)O. The largest absolute Gasteiger partial charge is 0.481 e. The van der Waals surface area contributed by atoms with Gasteiger partial charge in [-0.25, -0.2) is 30.7 Å². The van der Waals surface area contributed by atoms with Crippen LogP contribution in [0.15, 0.2) is 0 Å². The van der Waals surface area contributed by atoms with Crippen molar-refractivity contribution in [3.8, 4) is 0 Å². The van der Waals surface area contributed by atoms with Crippen molar-refractivity contribution in [1.29, 1.82) is 0 Å². The predicted molar refractivity (Wildman–Crippen MR) is 104 cm³/mol. The van der Waals surface area contributed by atoms with E-state index in [9.17, 15) is 79.8 Å². The van der Waals surface area contributed by atoms with Gasteiger partial charge in [0.05, 0.1) is 0 Å². The Morgan fingerprint density at radius 2 is 0.825 bits per heavy atom. The lowest BCUT2D eigenvalue weighted by Crippen LogP contribution is -2.65. The number of unbranched alkanes of at least 4 members (excludes halogenated alkanes) is 5. The van der Waals surface area contributed by atoms with Gasteiger partial charge in [-0.15, -0.1) is 0 Å². The lowest BCUT2D eigenvalue weighted by atomic mass is 9.93. The zero-order valence-corrected chi connectivity index (χ0v) is 19.9. The number of hydrogen-bond acceptors (Lipinski definition) is 2. The maximum absolute atomic E-state index is 13.0. The summed E-state index contributed by atoms with van der Waals surface area (Å²) >= 11 is 0. The standard InChI is InChI=1S/C10H6F16.C10H18O4/c11-1(2(12)4(14)6(16)17)3(13)5(15)7(18,19)8(20,21)9(22,23)10(24,25)26;11-9(12)7-5-3-1-2-4-6-8-10(13)14/h1-6H;1-8H2,(H,11,12)(H,13,14). The highest BCUT2D eigenvalue weighted by Crippen LogP contribution is 2.55. The van der Waals surface area contributed by atoms with Gasteiger partial charge in [0.1, 0.15) is 0 Å². The minimum Gasteiger partial charge on any atom is -0.481 e. The number of carboxylic acid groups (broad SMARTS) is 2. The first-order valence-electron chi connectivity index (χ1n) is 11.0. The molecule has 40 heavy (non-hydrogen) atoms. The fourth-order valence-corrected chi connectivity index (χ4v) is 2.67. The quantitative estimate of drug-likeness (QED) is 0.127. The van der Waals surface area contributed by atoms with Crippen LogP contribution in [0.3, 0.4) is 0 Å². The molecule has 240 valence electrons. The summed E-state index contributed by atoms with van der Waals surface area (Å²) in [6, 6.07) is 0. The highest BCUT2D eigenvalue weighted by molar-refractivity contribution is 5.66. The van der Waals surface area contributed by atoms with Gasteiger partial charge >= 0.3 is 35.9 Å². The zero-order chi connectivity index (χ0) is 32.3. The van der Waals surface area contributed by atoms with Crippen molar-refractivity contribution in [3.63, 3.8) is 0 Å². The minimum absolute atomic E-state index is 0.245. The van der Waals surface area contributed by atoms with Crippen LogP contribution in [0.5, 0.6) is 0 Å². The number of aliphatic carboxylic acids is 2. The van der Waals surface area contributed by atoms with Gasteiger partial charge in [0.2, 0.25) is 6.17 Å². The van der Waals surface area contributed by atoms with Gasteiger partial charge < -0.3 is 10.2 Å². The second kappa shape index (κ2) is 16.3. The van der Waals surface area contributed by atoms with Crippen molar-refractivity contribution in [1.82, 2.24) is 0 Å². The molecule has 0 aromatic rings. The van der Waals surface area contributed by atoms with E-state index in [4.69, 9.17) is 10.2 Å². The van der Waals surface area contributed by atoms with Crippen molar-refractivity contribution < 1.29 is 90.0 Å². The predicted octanol–water partition coefficient (Wildman–Crippen LogP) is 7.69. The number of hydrogen-bond donors (Lipinski definition) is 2. The molecule has 0 bridgehead atoms. The molecule has 0 spiro atoms. The van der Waals surface area contributed by atoms with Gasteiger partial charge in [-0.1, -0.05) is 25.7 Å². The maximum atomic E-state index is 13.0. The third-order valence-corrected chi connectivity index (χ3v) is 4.98. The van der Waals surface area contributed by atoms with Gasteiger partial charge in [-0.2, -0.15) is 39.5 Å². The molecule has 0 aromatic heterocycles. The number of halogens is 16. The Hall–Kier alpha value is -2.18. The van der Waals surface area contributed by atoms with E-state index in [0.29, 0.717) is 0 Å². The average Bonchev–Trinajstić information content (AvgIpc) is 2.82. The topological polar surface area (TPSA) is 74.6 Å². The molecule has 5 unspecified atom stereocenters. The fourth-order valence-electron chi connectivity index (χ4n) is 2.67. The molecule has 20 heteroatoms. The van der Waals surface area contributed by atoms with E-state index in [1.165, 1.54) is 0 Å². The average molecular weight is 632 g/mol. The van der Waals surface area contributed by atoms with Gasteiger partial charge in [-0.05, 0) is 12.8 Å². The molecule has 0 radical (unpaired) electrons. The highest BCUT2D eigenvalue weighted by atomic mass is 19.4. The summed E-state index contributed by atoms with van der Waals surface area (Å²) in [4.78, 5) is 20.3. The monoisotopic (exact) mass is 632 g/mol. The molecule has 0 saturated carbocycles. The summed E-state index contributed by atoms with van der Waals surface area (Å²) in [5.41, 5.74) is 0. The molecule has 0 aliphatic rings. The highest BCUT2D eigenvalue weighted by Gasteiger charge is 2.84. The lowest BCUT2D eigenvalue weighted by molar-refractivity contribution is -0.405. The molecule has 0 rings (SSSR count). The maximum Gasteiger partial charge on any atom is 0.460 e. The summed E-state index contributed by atoms with van der Waals surface area (Å²) in [5, 5.41) is 16.7. The van der Waals surface area contributed by atoms with Crippen LogP contribution >= 0.6 is 0 Å².